The van der Waals surface area contributed by atoms with Crippen LogP contribution in [0.5, 0.6) is 0 Å². The first-order valence-electron chi connectivity index (χ1n) is 7.11. The standard InChI is InChI=1S/C17H12N6.Pt/c1-3-14(8-16(5-1)22-12-18-10-20-22)7-15-4-2-6-17(9-15)23-13-19-11-21-23;/h1-6,10-13H,7H2;/q-2;+2. The zero-order valence-electron chi connectivity index (χ0n) is 12.5. The zero-order chi connectivity index (χ0) is 15.5. The fraction of sp³-hybridized carbons (Fsp3) is 0.0588. The average Bonchev–Trinajstić information content (AvgIpc) is 3.29. The molecule has 0 amide bonds. The average molecular weight is 495 g/mol. The van der Waals surface area contributed by atoms with Gasteiger partial charge in [0, 0.05) is 0 Å². The normalized spacial score (nSPS) is 10.3. The Labute approximate surface area is 153 Å². The van der Waals surface area contributed by atoms with Crippen LogP contribution in [-0.2, 0) is 27.5 Å². The van der Waals surface area contributed by atoms with Gasteiger partial charge in [-0.05, 0) is 17.8 Å². The maximum atomic E-state index is 4.13. The first kappa shape index (κ1) is 16.3. The van der Waals surface area contributed by atoms with Gasteiger partial charge in [0.15, 0.2) is 0 Å². The van der Waals surface area contributed by atoms with Crippen molar-refractivity contribution in [2.45, 2.75) is 6.42 Å². The van der Waals surface area contributed by atoms with Crippen LogP contribution in [0.4, 0.5) is 0 Å². The quantitative estimate of drug-likeness (QED) is 0.407. The Bertz CT molecular complexity index is 827. The number of hydrogen-bond donors (Lipinski definition) is 0. The summed E-state index contributed by atoms with van der Waals surface area (Å²) in [7, 11) is 0. The number of nitrogens with zero attached hydrogens (tertiary/aromatic N) is 6. The van der Waals surface area contributed by atoms with E-state index in [9.17, 15) is 0 Å². The second-order valence-electron chi connectivity index (χ2n) is 4.98. The SMILES string of the molecule is [Pt+2].[c-]1c(Cc2[c-]c(-n3cncn3)ccc2)cccc1-n1cncn1. The van der Waals surface area contributed by atoms with Gasteiger partial charge in [-0.25, -0.2) is 19.3 Å². The van der Waals surface area contributed by atoms with Gasteiger partial charge in [0.05, 0.1) is 0 Å². The van der Waals surface area contributed by atoms with Crippen molar-refractivity contribution in [2.75, 3.05) is 0 Å². The van der Waals surface area contributed by atoms with Crippen molar-refractivity contribution in [2.24, 2.45) is 0 Å². The summed E-state index contributed by atoms with van der Waals surface area (Å²) in [6.45, 7) is 0. The van der Waals surface area contributed by atoms with E-state index in [1.165, 1.54) is 12.7 Å². The van der Waals surface area contributed by atoms with Gasteiger partial charge in [-0.15, -0.1) is 12.1 Å². The van der Waals surface area contributed by atoms with Crippen LogP contribution in [0, 0.1) is 12.1 Å². The van der Waals surface area contributed by atoms with Gasteiger partial charge in [-0.1, -0.05) is 0 Å². The monoisotopic (exact) mass is 495 g/mol. The van der Waals surface area contributed by atoms with E-state index in [1.807, 2.05) is 36.4 Å². The summed E-state index contributed by atoms with van der Waals surface area (Å²) in [4.78, 5) is 7.92. The van der Waals surface area contributed by atoms with Crippen molar-refractivity contribution < 1.29 is 21.1 Å². The summed E-state index contributed by atoms with van der Waals surface area (Å²) in [5.41, 5.74) is 3.86. The van der Waals surface area contributed by atoms with E-state index in [0.29, 0.717) is 0 Å². The van der Waals surface area contributed by atoms with Crippen molar-refractivity contribution in [3.63, 3.8) is 0 Å². The second-order valence-corrected chi connectivity index (χ2v) is 4.98. The molecule has 0 radical (unpaired) electrons. The van der Waals surface area contributed by atoms with Crippen LogP contribution < -0.4 is 0 Å². The van der Waals surface area contributed by atoms with Gasteiger partial charge >= 0.3 is 21.1 Å². The molecule has 24 heavy (non-hydrogen) atoms. The topological polar surface area (TPSA) is 61.4 Å². The molecule has 0 fully saturated rings. The predicted molar refractivity (Wildman–Crippen MR) is 83.2 cm³/mol. The molecule has 4 rings (SSSR count). The van der Waals surface area contributed by atoms with Crippen LogP contribution in [0.2, 0.25) is 0 Å². The number of rotatable bonds is 4. The third-order valence-corrected chi connectivity index (χ3v) is 3.39. The minimum absolute atomic E-state index is 0. The number of hydrogen-bond acceptors (Lipinski definition) is 4. The van der Waals surface area contributed by atoms with Crippen LogP contribution >= 0.6 is 0 Å². The van der Waals surface area contributed by atoms with Gasteiger partial charge in [0.1, 0.15) is 25.3 Å². The van der Waals surface area contributed by atoms with Crippen molar-refractivity contribution in [1.29, 1.82) is 0 Å². The summed E-state index contributed by atoms with van der Waals surface area (Å²) in [6.07, 6.45) is 7.07. The molecule has 2 aromatic carbocycles. The minimum atomic E-state index is 0. The molecule has 2 aromatic heterocycles. The summed E-state index contributed by atoms with van der Waals surface area (Å²) >= 11 is 0. The summed E-state index contributed by atoms with van der Waals surface area (Å²) in [5, 5.41) is 8.26. The fourth-order valence-electron chi connectivity index (χ4n) is 2.35. The minimum Gasteiger partial charge on any atom is -0.246 e. The summed E-state index contributed by atoms with van der Waals surface area (Å²) in [6, 6.07) is 18.7. The van der Waals surface area contributed by atoms with Gasteiger partial charge < -0.3 is 0 Å². The van der Waals surface area contributed by atoms with E-state index in [4.69, 9.17) is 0 Å². The molecule has 0 saturated carbocycles. The summed E-state index contributed by atoms with van der Waals surface area (Å²) < 4.78 is 3.39. The molecule has 7 heteroatoms. The molecule has 0 bridgehead atoms. The van der Waals surface area contributed by atoms with E-state index in [1.54, 1.807) is 22.0 Å². The van der Waals surface area contributed by atoms with Crippen molar-refractivity contribution in [3.8, 4) is 11.4 Å². The molecule has 0 aliphatic carbocycles. The molecule has 2 heterocycles. The Hall–Kier alpha value is -2.59. The van der Waals surface area contributed by atoms with Crippen LogP contribution in [0.25, 0.3) is 11.4 Å². The molecule has 0 aliphatic heterocycles. The van der Waals surface area contributed by atoms with E-state index < -0.39 is 0 Å². The largest absolute Gasteiger partial charge is 2.00 e. The van der Waals surface area contributed by atoms with E-state index in [-0.39, 0.29) is 21.1 Å². The second kappa shape index (κ2) is 7.32. The Kier molecular flexibility index (Phi) is 4.96. The third-order valence-electron chi connectivity index (χ3n) is 3.39. The number of aromatic nitrogens is 6. The maximum absolute atomic E-state index is 4.13. The molecule has 0 saturated heterocycles. The molecular weight excluding hydrogens is 483 g/mol. The van der Waals surface area contributed by atoms with Crippen molar-refractivity contribution >= 4 is 0 Å². The molecule has 120 valence electrons. The molecule has 0 atom stereocenters. The molecular formula is C17H12N6Pt. The fourth-order valence-corrected chi connectivity index (χ4v) is 2.35. The molecule has 0 unspecified atom stereocenters. The van der Waals surface area contributed by atoms with Crippen molar-refractivity contribution in [3.05, 3.63) is 85.0 Å². The van der Waals surface area contributed by atoms with Crippen LogP contribution in [0.1, 0.15) is 11.1 Å². The van der Waals surface area contributed by atoms with Crippen LogP contribution in [0.3, 0.4) is 0 Å². The maximum Gasteiger partial charge on any atom is 2.00 e. The van der Waals surface area contributed by atoms with Gasteiger partial charge in [-0.2, -0.15) is 57.7 Å². The van der Waals surface area contributed by atoms with Crippen LogP contribution in [-0.4, -0.2) is 29.5 Å². The zero-order valence-corrected chi connectivity index (χ0v) is 14.8. The van der Waals surface area contributed by atoms with Crippen molar-refractivity contribution in [1.82, 2.24) is 29.5 Å². The summed E-state index contributed by atoms with van der Waals surface area (Å²) in [5.74, 6) is 0. The molecule has 0 aliphatic rings. The molecule has 6 nitrogen and oxygen atoms in total. The Morgan fingerprint density at radius 2 is 1.25 bits per heavy atom. The molecule has 4 aromatic rings. The van der Waals surface area contributed by atoms with Crippen LogP contribution in [0.15, 0.2) is 61.7 Å². The Morgan fingerprint density at radius 3 is 1.67 bits per heavy atom. The number of benzene rings is 2. The van der Waals surface area contributed by atoms with Gasteiger partial charge in [0.2, 0.25) is 0 Å². The first-order chi connectivity index (χ1) is 11.4. The van der Waals surface area contributed by atoms with Gasteiger partial charge in [0.25, 0.3) is 0 Å². The third kappa shape index (κ3) is 3.49. The Balaban J connectivity index is 0.00000169. The smallest absolute Gasteiger partial charge is 0.246 e. The predicted octanol–water partition coefficient (Wildman–Crippen LogP) is 2.04. The van der Waals surface area contributed by atoms with E-state index in [2.05, 4.69) is 32.3 Å². The molecule has 0 spiro atoms. The van der Waals surface area contributed by atoms with Gasteiger partial charge in [-0.3, -0.25) is 0 Å². The van der Waals surface area contributed by atoms with E-state index in [0.717, 1.165) is 28.9 Å². The van der Waals surface area contributed by atoms with E-state index >= 15 is 0 Å². The Morgan fingerprint density at radius 1 is 0.750 bits per heavy atom. The first-order valence-corrected chi connectivity index (χ1v) is 7.11. The molecule has 0 N–H and O–H groups in total.